The van der Waals surface area contributed by atoms with Gasteiger partial charge < -0.3 is 4.74 Å². The molecule has 0 saturated carbocycles. The minimum absolute atomic E-state index is 0.169. The average molecular weight is 733 g/mol. The number of nitrogens with zero attached hydrogens (tertiary/aromatic N) is 1. The van der Waals surface area contributed by atoms with Gasteiger partial charge in [0.05, 0.1) is 12.8 Å². The summed E-state index contributed by atoms with van der Waals surface area (Å²) in [5, 5.41) is 3.25. The molecule has 3 aromatic carbocycles. The first-order valence-electron chi connectivity index (χ1n) is 10.2. The van der Waals surface area contributed by atoms with Crippen LogP contribution in [0.25, 0.3) is 6.08 Å². The molecule has 1 aliphatic heterocycles. The second-order valence-corrected chi connectivity index (χ2v) is 10.7. The smallest absolute Gasteiger partial charge is 0.335 e. The van der Waals surface area contributed by atoms with Crippen LogP contribution in [-0.2, 0) is 16.2 Å². The molecule has 4 rings (SSSR count). The van der Waals surface area contributed by atoms with Gasteiger partial charge in [-0.05, 0) is 99.6 Å². The van der Waals surface area contributed by atoms with Crippen LogP contribution in [0, 0.1) is 14.1 Å². The maximum Gasteiger partial charge on any atom is 0.335 e. The molecular weight excluding hydrogens is 717 g/mol. The third-order valence-electron chi connectivity index (χ3n) is 5.18. The SMILES string of the molecule is Cc1ccc(N2C(=O)NC(=O)/C(=C/c3cc(I)c(OCc4ccccc4Cl)c(I)c3)C2=O)cc1Cl. The van der Waals surface area contributed by atoms with Gasteiger partial charge in [-0.1, -0.05) is 47.5 Å². The molecule has 178 valence electrons. The van der Waals surface area contributed by atoms with Gasteiger partial charge in [-0.2, -0.15) is 0 Å². The van der Waals surface area contributed by atoms with E-state index in [0.717, 1.165) is 23.2 Å². The highest BCUT2D eigenvalue weighted by atomic mass is 127. The Balaban J connectivity index is 1.62. The summed E-state index contributed by atoms with van der Waals surface area (Å²) in [6.45, 7) is 2.10. The first-order chi connectivity index (χ1) is 16.7. The lowest BCUT2D eigenvalue weighted by molar-refractivity contribution is -0.122. The van der Waals surface area contributed by atoms with Crippen molar-refractivity contribution >= 4 is 98.0 Å². The van der Waals surface area contributed by atoms with E-state index in [1.165, 1.54) is 12.1 Å². The Labute approximate surface area is 238 Å². The topological polar surface area (TPSA) is 75.7 Å². The number of carbonyl (C=O) groups excluding carboxylic acids is 3. The minimum Gasteiger partial charge on any atom is -0.487 e. The zero-order chi connectivity index (χ0) is 25.3. The number of ether oxygens (including phenoxy) is 1. The van der Waals surface area contributed by atoms with Crippen molar-refractivity contribution in [2.75, 3.05) is 4.90 Å². The Morgan fingerprint density at radius 1 is 0.971 bits per heavy atom. The molecule has 0 unspecified atom stereocenters. The Morgan fingerprint density at radius 3 is 2.31 bits per heavy atom. The van der Waals surface area contributed by atoms with E-state index in [-0.39, 0.29) is 11.3 Å². The van der Waals surface area contributed by atoms with Gasteiger partial charge in [0.2, 0.25) is 0 Å². The molecule has 1 N–H and O–H groups in total. The maximum absolute atomic E-state index is 13.2. The largest absolute Gasteiger partial charge is 0.487 e. The number of benzene rings is 3. The number of halogens is 4. The molecule has 0 atom stereocenters. The summed E-state index contributed by atoms with van der Waals surface area (Å²) in [6.07, 6.45) is 1.45. The number of barbiturate groups is 1. The molecule has 0 aromatic heterocycles. The van der Waals surface area contributed by atoms with Crippen molar-refractivity contribution < 1.29 is 19.1 Å². The van der Waals surface area contributed by atoms with E-state index in [9.17, 15) is 14.4 Å². The molecule has 0 radical (unpaired) electrons. The quantitative estimate of drug-likeness (QED) is 0.179. The molecule has 3 aromatic rings. The van der Waals surface area contributed by atoms with Gasteiger partial charge in [0.25, 0.3) is 11.8 Å². The zero-order valence-corrected chi connectivity index (χ0v) is 23.9. The van der Waals surface area contributed by atoms with E-state index in [1.54, 1.807) is 30.3 Å². The van der Waals surface area contributed by atoms with Crippen LogP contribution < -0.4 is 15.0 Å². The van der Waals surface area contributed by atoms with Crippen molar-refractivity contribution in [2.24, 2.45) is 0 Å². The van der Waals surface area contributed by atoms with E-state index in [2.05, 4.69) is 50.5 Å². The number of urea groups is 1. The molecule has 6 nitrogen and oxygen atoms in total. The van der Waals surface area contributed by atoms with Crippen LogP contribution in [0.5, 0.6) is 5.75 Å². The van der Waals surface area contributed by atoms with Crippen molar-refractivity contribution in [3.63, 3.8) is 0 Å². The van der Waals surface area contributed by atoms with Crippen molar-refractivity contribution in [2.45, 2.75) is 13.5 Å². The first kappa shape index (κ1) is 25.9. The van der Waals surface area contributed by atoms with Crippen LogP contribution >= 0.6 is 68.4 Å². The van der Waals surface area contributed by atoms with Crippen molar-refractivity contribution in [1.29, 1.82) is 0 Å². The van der Waals surface area contributed by atoms with Gasteiger partial charge in [-0.25, -0.2) is 9.69 Å². The number of rotatable bonds is 5. The van der Waals surface area contributed by atoms with E-state index in [1.807, 2.05) is 25.1 Å². The molecule has 0 aliphatic carbocycles. The molecule has 35 heavy (non-hydrogen) atoms. The first-order valence-corrected chi connectivity index (χ1v) is 13.1. The maximum atomic E-state index is 13.2. The number of aryl methyl sites for hydroxylation is 1. The number of hydrogen-bond donors (Lipinski definition) is 1. The summed E-state index contributed by atoms with van der Waals surface area (Å²) in [6, 6.07) is 15.0. The van der Waals surface area contributed by atoms with Gasteiger partial charge in [0, 0.05) is 15.6 Å². The van der Waals surface area contributed by atoms with Crippen molar-refractivity contribution in [1.82, 2.24) is 5.32 Å². The van der Waals surface area contributed by atoms with Crippen molar-refractivity contribution in [3.8, 4) is 5.75 Å². The van der Waals surface area contributed by atoms with Crippen LogP contribution in [0.15, 0.2) is 60.2 Å². The van der Waals surface area contributed by atoms with Crippen LogP contribution in [0.4, 0.5) is 10.5 Å². The molecule has 4 amide bonds. The van der Waals surface area contributed by atoms with E-state index >= 15 is 0 Å². The summed E-state index contributed by atoms with van der Waals surface area (Å²) in [5.74, 6) is -0.833. The standard InChI is InChI=1S/C25H16Cl2I2N2O4/c1-13-6-7-16(11-19(13)27)31-24(33)17(23(32)30-25(31)34)8-14-9-20(28)22(21(29)10-14)35-12-15-4-2-3-5-18(15)26/h2-11H,12H2,1H3,(H,30,32,34)/b17-8-. The fourth-order valence-electron chi connectivity index (χ4n) is 3.35. The molecule has 1 aliphatic rings. The van der Waals surface area contributed by atoms with Crippen LogP contribution in [-0.4, -0.2) is 17.8 Å². The summed E-state index contributed by atoms with van der Waals surface area (Å²) in [7, 11) is 0. The molecule has 1 heterocycles. The normalized spacial score (nSPS) is 14.9. The predicted octanol–water partition coefficient (Wildman–Crippen LogP) is 6.76. The van der Waals surface area contributed by atoms with E-state index < -0.39 is 17.8 Å². The van der Waals surface area contributed by atoms with Gasteiger partial charge in [-0.3, -0.25) is 14.9 Å². The molecule has 10 heteroatoms. The Morgan fingerprint density at radius 2 is 1.66 bits per heavy atom. The third kappa shape index (κ3) is 5.65. The number of nitrogens with one attached hydrogen (secondary N) is 1. The lowest BCUT2D eigenvalue weighted by Crippen LogP contribution is -2.54. The predicted molar refractivity (Wildman–Crippen MR) is 153 cm³/mol. The number of carbonyl (C=O) groups is 3. The Bertz CT molecular complexity index is 1380. The fraction of sp³-hybridized carbons (Fsp3) is 0.0800. The lowest BCUT2D eigenvalue weighted by atomic mass is 10.1. The van der Waals surface area contributed by atoms with Gasteiger partial charge in [0.1, 0.15) is 17.9 Å². The summed E-state index contributed by atoms with van der Waals surface area (Å²) < 4.78 is 7.57. The van der Waals surface area contributed by atoms with E-state index in [4.69, 9.17) is 27.9 Å². The number of anilines is 1. The molecule has 1 saturated heterocycles. The van der Waals surface area contributed by atoms with Crippen LogP contribution in [0.3, 0.4) is 0 Å². The molecule has 1 fully saturated rings. The van der Waals surface area contributed by atoms with Gasteiger partial charge >= 0.3 is 6.03 Å². The highest BCUT2D eigenvalue weighted by Gasteiger charge is 2.37. The lowest BCUT2D eigenvalue weighted by Gasteiger charge is -2.26. The van der Waals surface area contributed by atoms with Gasteiger partial charge in [0.15, 0.2) is 0 Å². The summed E-state index contributed by atoms with van der Waals surface area (Å²) >= 11 is 16.7. The number of hydrogen-bond acceptors (Lipinski definition) is 4. The molecular formula is C25H16Cl2I2N2O4. The molecule has 0 spiro atoms. The van der Waals surface area contributed by atoms with Crippen molar-refractivity contribution in [3.05, 3.63) is 94.0 Å². The highest BCUT2D eigenvalue weighted by Crippen LogP contribution is 2.32. The molecule has 0 bridgehead atoms. The monoisotopic (exact) mass is 732 g/mol. The highest BCUT2D eigenvalue weighted by molar-refractivity contribution is 14.1. The summed E-state index contributed by atoms with van der Waals surface area (Å²) in [5.41, 5.74) is 2.37. The number of amides is 4. The van der Waals surface area contributed by atoms with Gasteiger partial charge in [-0.15, -0.1) is 0 Å². The Kier molecular flexibility index (Phi) is 8.04. The zero-order valence-electron chi connectivity index (χ0n) is 18.1. The van der Waals surface area contributed by atoms with Crippen LogP contribution in [0.1, 0.15) is 16.7 Å². The number of imide groups is 2. The average Bonchev–Trinajstić information content (AvgIpc) is 2.79. The Hall–Kier alpha value is -2.15. The summed E-state index contributed by atoms with van der Waals surface area (Å²) in [4.78, 5) is 39.0. The second-order valence-electron chi connectivity index (χ2n) is 7.59. The van der Waals surface area contributed by atoms with Crippen LogP contribution in [0.2, 0.25) is 10.0 Å². The second kappa shape index (κ2) is 10.9. The third-order valence-corrected chi connectivity index (χ3v) is 7.56. The minimum atomic E-state index is -0.829. The fourth-order valence-corrected chi connectivity index (χ4v) is 5.84. The van der Waals surface area contributed by atoms with E-state index in [0.29, 0.717) is 28.0 Å².